The summed E-state index contributed by atoms with van der Waals surface area (Å²) >= 11 is 0. The molecule has 0 radical (unpaired) electrons. The average Bonchev–Trinajstić information content (AvgIpc) is 2.49. The van der Waals surface area contributed by atoms with Crippen molar-refractivity contribution in [1.82, 2.24) is 4.90 Å². The molecule has 0 saturated heterocycles. The van der Waals surface area contributed by atoms with Gasteiger partial charge in [-0.05, 0) is 40.5 Å². The van der Waals surface area contributed by atoms with Gasteiger partial charge in [0.25, 0.3) is 0 Å². The highest BCUT2D eigenvalue weighted by molar-refractivity contribution is 6.00. The predicted molar refractivity (Wildman–Crippen MR) is 70.2 cm³/mol. The molecule has 0 bridgehead atoms. The Bertz CT molecular complexity index is 366. The minimum Gasteiger partial charge on any atom is -0.443 e. The van der Waals surface area contributed by atoms with Crippen LogP contribution in [0.2, 0.25) is 0 Å². The lowest BCUT2D eigenvalue weighted by atomic mass is 10.2. The molecule has 0 aromatic rings. The second kappa shape index (κ2) is 5.55. The molecule has 0 aliphatic carbocycles. The molecule has 4 heteroatoms. The molecular weight excluding hydrogens is 230 g/mol. The van der Waals surface area contributed by atoms with Crippen molar-refractivity contribution in [3.8, 4) is 0 Å². The van der Waals surface area contributed by atoms with Crippen LogP contribution >= 0.6 is 0 Å². The highest BCUT2D eigenvalue weighted by Crippen LogP contribution is 2.26. The number of nitrogens with zero attached hydrogens (tertiary/aromatic N) is 1. The van der Waals surface area contributed by atoms with Crippen LogP contribution in [0.4, 0.5) is 4.79 Å². The van der Waals surface area contributed by atoms with E-state index in [0.29, 0.717) is 0 Å². The van der Waals surface area contributed by atoms with Crippen LogP contribution in [0.1, 0.15) is 53.9 Å². The summed E-state index contributed by atoms with van der Waals surface area (Å²) in [6, 6.07) is -0.438. The molecule has 0 fully saturated rings. The molecule has 1 heterocycles. The van der Waals surface area contributed by atoms with E-state index in [9.17, 15) is 9.59 Å². The molecule has 1 aliphatic heterocycles. The van der Waals surface area contributed by atoms with Gasteiger partial charge in [0, 0.05) is 11.8 Å². The van der Waals surface area contributed by atoms with Gasteiger partial charge >= 0.3 is 6.09 Å². The largest absolute Gasteiger partial charge is 0.443 e. The summed E-state index contributed by atoms with van der Waals surface area (Å²) in [6.45, 7) is 9.29. The molecule has 1 unspecified atom stereocenters. The maximum absolute atomic E-state index is 12.1. The first-order valence-corrected chi connectivity index (χ1v) is 6.53. The van der Waals surface area contributed by atoms with Crippen molar-refractivity contribution in [2.45, 2.75) is 65.5 Å². The Labute approximate surface area is 109 Å². The maximum Gasteiger partial charge on any atom is 0.415 e. The van der Waals surface area contributed by atoms with E-state index in [4.69, 9.17) is 4.74 Å². The van der Waals surface area contributed by atoms with Gasteiger partial charge < -0.3 is 4.74 Å². The van der Waals surface area contributed by atoms with E-state index in [1.165, 1.54) is 4.90 Å². The Morgan fingerprint density at radius 3 is 2.56 bits per heavy atom. The van der Waals surface area contributed by atoms with Gasteiger partial charge in [-0.2, -0.15) is 0 Å². The van der Waals surface area contributed by atoms with Crippen molar-refractivity contribution in [3.05, 3.63) is 11.8 Å². The molecule has 1 aliphatic rings. The van der Waals surface area contributed by atoms with Gasteiger partial charge in [-0.25, -0.2) is 4.79 Å². The lowest BCUT2D eigenvalue weighted by Gasteiger charge is -2.28. The fourth-order valence-electron chi connectivity index (χ4n) is 1.87. The number of carbonyl (C=O) groups excluding carboxylic acids is 2. The van der Waals surface area contributed by atoms with E-state index >= 15 is 0 Å². The average molecular weight is 253 g/mol. The van der Waals surface area contributed by atoms with Crippen molar-refractivity contribution in [2.24, 2.45) is 0 Å². The molecule has 1 rings (SSSR count). The minimum atomic E-state index is -0.543. The van der Waals surface area contributed by atoms with E-state index in [1.54, 1.807) is 13.0 Å². The number of carbonyl (C=O) groups is 2. The molecule has 4 nitrogen and oxygen atoms in total. The number of amides is 1. The molecule has 1 atom stereocenters. The van der Waals surface area contributed by atoms with Gasteiger partial charge in [0.2, 0.25) is 0 Å². The summed E-state index contributed by atoms with van der Waals surface area (Å²) < 4.78 is 5.34. The Morgan fingerprint density at radius 1 is 1.44 bits per heavy atom. The first-order valence-electron chi connectivity index (χ1n) is 6.53. The van der Waals surface area contributed by atoms with E-state index < -0.39 is 17.7 Å². The molecular formula is C14H23NO3. The van der Waals surface area contributed by atoms with Crippen molar-refractivity contribution >= 4 is 11.9 Å². The first-order chi connectivity index (χ1) is 8.26. The lowest BCUT2D eigenvalue weighted by molar-refractivity contribution is -0.117. The van der Waals surface area contributed by atoms with E-state index in [-0.39, 0.29) is 5.78 Å². The van der Waals surface area contributed by atoms with Gasteiger partial charge in [-0.1, -0.05) is 13.3 Å². The number of ketones is 1. The second-order valence-corrected chi connectivity index (χ2v) is 5.67. The topological polar surface area (TPSA) is 46.6 Å². The second-order valence-electron chi connectivity index (χ2n) is 5.67. The third-order valence-electron chi connectivity index (χ3n) is 2.79. The quantitative estimate of drug-likeness (QED) is 0.775. The summed E-state index contributed by atoms with van der Waals surface area (Å²) in [5.74, 6) is -0.0213. The number of ether oxygens (including phenoxy) is 1. The van der Waals surface area contributed by atoms with Crippen LogP contribution in [0, 0.1) is 0 Å². The SMILES string of the molecule is CCCCC1=CC(=O)C(C)N1C(=O)OC(C)(C)C. The molecule has 102 valence electrons. The van der Waals surface area contributed by atoms with Gasteiger partial charge in [0.15, 0.2) is 5.78 Å². The van der Waals surface area contributed by atoms with Gasteiger partial charge in [0.1, 0.15) is 5.60 Å². The van der Waals surface area contributed by atoms with Crippen molar-refractivity contribution in [2.75, 3.05) is 0 Å². The number of hydrogen-bond donors (Lipinski definition) is 0. The highest BCUT2D eigenvalue weighted by atomic mass is 16.6. The Hall–Kier alpha value is -1.32. The monoisotopic (exact) mass is 253 g/mol. The number of rotatable bonds is 3. The van der Waals surface area contributed by atoms with Crippen LogP contribution in [-0.2, 0) is 9.53 Å². The molecule has 0 aromatic heterocycles. The van der Waals surface area contributed by atoms with Crippen LogP contribution in [-0.4, -0.2) is 28.4 Å². The van der Waals surface area contributed by atoms with Crippen molar-refractivity contribution in [1.29, 1.82) is 0 Å². The zero-order chi connectivity index (χ0) is 13.9. The molecule has 0 N–H and O–H groups in total. The van der Waals surface area contributed by atoms with Gasteiger partial charge in [-0.3, -0.25) is 9.69 Å². The number of unbranched alkanes of at least 4 members (excludes halogenated alkanes) is 1. The number of allylic oxidation sites excluding steroid dienone is 1. The third-order valence-corrected chi connectivity index (χ3v) is 2.79. The van der Waals surface area contributed by atoms with E-state index in [2.05, 4.69) is 6.92 Å². The normalized spacial score (nSPS) is 20.1. The molecule has 0 saturated carbocycles. The van der Waals surface area contributed by atoms with Crippen LogP contribution in [0.25, 0.3) is 0 Å². The Morgan fingerprint density at radius 2 is 2.06 bits per heavy atom. The van der Waals surface area contributed by atoms with Crippen LogP contribution in [0.5, 0.6) is 0 Å². The van der Waals surface area contributed by atoms with Crippen molar-refractivity contribution < 1.29 is 14.3 Å². The molecule has 0 spiro atoms. The zero-order valence-electron chi connectivity index (χ0n) is 11.9. The Balaban J connectivity index is 2.80. The predicted octanol–water partition coefficient (Wildman–Crippen LogP) is 3.27. The standard InChI is InChI=1S/C14H23NO3/c1-6-7-8-11-9-12(16)10(2)15(11)13(17)18-14(3,4)5/h9-10H,6-8H2,1-5H3. The summed E-state index contributed by atoms with van der Waals surface area (Å²) in [5.41, 5.74) is 0.238. The lowest BCUT2D eigenvalue weighted by Crippen LogP contribution is -2.40. The van der Waals surface area contributed by atoms with Crippen LogP contribution < -0.4 is 0 Å². The van der Waals surface area contributed by atoms with Crippen LogP contribution in [0.15, 0.2) is 11.8 Å². The smallest absolute Gasteiger partial charge is 0.415 e. The summed E-state index contributed by atoms with van der Waals surface area (Å²) in [6.07, 6.45) is 3.88. The molecule has 18 heavy (non-hydrogen) atoms. The third kappa shape index (κ3) is 3.59. The number of hydrogen-bond acceptors (Lipinski definition) is 3. The summed E-state index contributed by atoms with van der Waals surface area (Å²) in [7, 11) is 0. The fourth-order valence-corrected chi connectivity index (χ4v) is 1.87. The van der Waals surface area contributed by atoms with E-state index in [1.807, 2.05) is 20.8 Å². The van der Waals surface area contributed by atoms with E-state index in [0.717, 1.165) is 25.0 Å². The van der Waals surface area contributed by atoms with Crippen molar-refractivity contribution in [3.63, 3.8) is 0 Å². The first kappa shape index (κ1) is 14.7. The Kier molecular flexibility index (Phi) is 4.54. The van der Waals surface area contributed by atoms with Gasteiger partial charge in [0.05, 0.1) is 6.04 Å². The highest BCUT2D eigenvalue weighted by Gasteiger charge is 2.36. The van der Waals surface area contributed by atoms with Crippen LogP contribution in [0.3, 0.4) is 0 Å². The summed E-state index contributed by atoms with van der Waals surface area (Å²) in [4.78, 5) is 25.3. The molecule has 0 aromatic carbocycles. The fraction of sp³-hybridized carbons (Fsp3) is 0.714. The molecule has 1 amide bonds. The minimum absolute atomic E-state index is 0.0213. The maximum atomic E-state index is 12.1. The summed E-state index contributed by atoms with van der Waals surface area (Å²) in [5, 5.41) is 0. The zero-order valence-corrected chi connectivity index (χ0v) is 11.9. The van der Waals surface area contributed by atoms with Gasteiger partial charge in [-0.15, -0.1) is 0 Å².